The molecule has 0 saturated heterocycles. The van der Waals surface area contributed by atoms with E-state index >= 15 is 0 Å². The summed E-state index contributed by atoms with van der Waals surface area (Å²) in [6.45, 7) is 15.4. The summed E-state index contributed by atoms with van der Waals surface area (Å²) in [5.74, 6) is 1.25. The topological polar surface area (TPSA) is 57.2 Å². The van der Waals surface area contributed by atoms with E-state index in [1.54, 1.807) is 6.07 Å². The minimum Gasteiger partial charge on any atom is -0.508 e. The normalized spacial score (nSPS) is 12.3. The molecular weight excluding hydrogens is 415 g/mol. The zero-order valence-electron chi connectivity index (χ0n) is 20.0. The quantitative estimate of drug-likeness (QED) is 0.184. The van der Waals surface area contributed by atoms with Gasteiger partial charge in [0, 0.05) is 39.2 Å². The predicted molar refractivity (Wildman–Crippen MR) is 131 cm³/mol. The van der Waals surface area contributed by atoms with Crippen molar-refractivity contribution in [2.45, 2.75) is 65.3 Å². The molecule has 0 heterocycles. The summed E-state index contributed by atoms with van der Waals surface area (Å²) in [4.78, 5) is 0. The van der Waals surface area contributed by atoms with Crippen LogP contribution < -0.4 is 10.0 Å². The van der Waals surface area contributed by atoms with Crippen LogP contribution in [-0.4, -0.2) is 60.3 Å². The number of ether oxygens (including phenoxy) is 1. The molecule has 0 unspecified atom stereocenters. The summed E-state index contributed by atoms with van der Waals surface area (Å²) >= 11 is 0. The molecule has 0 amide bonds. The first-order valence-corrected chi connectivity index (χ1v) is 16.5. The number of phenols is 1. The molecule has 0 bridgehead atoms. The van der Waals surface area contributed by atoms with Crippen LogP contribution in [-0.2, 0) is 13.3 Å². The monoisotopic (exact) mass is 459 g/mol. The Morgan fingerprint density at radius 2 is 1.33 bits per heavy atom. The average Bonchev–Trinajstić information content (AvgIpc) is 2.67. The van der Waals surface area contributed by atoms with Gasteiger partial charge in [-0.2, -0.15) is 0 Å². The van der Waals surface area contributed by atoms with E-state index in [4.69, 9.17) is 18.0 Å². The number of aromatic hydroxyl groups is 1. The Morgan fingerprint density at radius 3 is 1.87 bits per heavy atom. The molecule has 0 aliphatic rings. The lowest BCUT2D eigenvalue weighted by molar-refractivity contribution is 0.0706. The minimum atomic E-state index is -2.47. The Bertz CT molecular complexity index is 574. The molecule has 30 heavy (non-hydrogen) atoms. The van der Waals surface area contributed by atoms with Gasteiger partial charge in [0.2, 0.25) is 0 Å². The Kier molecular flexibility index (Phi) is 13.2. The van der Waals surface area contributed by atoms with Gasteiger partial charge in [-0.05, 0) is 45.7 Å². The summed E-state index contributed by atoms with van der Waals surface area (Å²) < 4.78 is 23.8. The number of benzene rings is 1. The fourth-order valence-electron chi connectivity index (χ4n) is 3.49. The van der Waals surface area contributed by atoms with E-state index in [0.717, 1.165) is 36.5 Å². The smallest absolute Gasteiger partial charge is 0.500 e. The highest BCUT2D eigenvalue weighted by molar-refractivity contribution is 7.81. The zero-order valence-corrected chi connectivity index (χ0v) is 21.9. The number of hydrogen-bond donors (Lipinski definition) is 1. The third-order valence-corrected chi connectivity index (χ3v) is 9.84. The summed E-state index contributed by atoms with van der Waals surface area (Å²) in [6, 6.07) is 6.39. The van der Waals surface area contributed by atoms with Crippen molar-refractivity contribution < 1.29 is 23.1 Å². The van der Waals surface area contributed by atoms with Gasteiger partial charge in [-0.3, -0.25) is 0 Å². The molecule has 1 aromatic rings. The Labute approximate surface area is 186 Å². The molecule has 0 atom stereocenters. The Morgan fingerprint density at radius 1 is 0.800 bits per heavy atom. The molecule has 0 aliphatic heterocycles. The van der Waals surface area contributed by atoms with Crippen molar-refractivity contribution in [3.8, 4) is 11.5 Å². The third-order valence-electron chi connectivity index (χ3n) is 4.89. The fourth-order valence-corrected chi connectivity index (χ4v) is 7.49. The maximum Gasteiger partial charge on any atom is 0.500 e. The number of rotatable bonds is 17. The molecule has 1 aromatic carbocycles. The molecule has 0 radical (unpaired) electrons. The first-order chi connectivity index (χ1) is 14.3. The highest BCUT2D eigenvalue weighted by Crippen LogP contribution is 2.48. The highest BCUT2D eigenvalue weighted by Gasteiger charge is 2.39. The van der Waals surface area contributed by atoms with Gasteiger partial charge in [0.1, 0.15) is 11.1 Å². The van der Waals surface area contributed by atoms with E-state index in [2.05, 4.69) is 20.0 Å². The second kappa shape index (κ2) is 14.4. The molecule has 0 aliphatic carbocycles. The molecule has 0 spiro atoms. The van der Waals surface area contributed by atoms with Crippen molar-refractivity contribution in [1.29, 1.82) is 0 Å². The Balaban J connectivity index is 2.26. The van der Waals surface area contributed by atoms with Crippen molar-refractivity contribution in [2.75, 3.05) is 46.4 Å². The van der Waals surface area contributed by atoms with Gasteiger partial charge in [-0.25, -0.2) is 0 Å². The van der Waals surface area contributed by atoms with Crippen LogP contribution in [0.15, 0.2) is 18.2 Å². The summed E-state index contributed by atoms with van der Waals surface area (Å²) in [5, 5.41) is 11.0. The highest BCUT2D eigenvalue weighted by atomic mass is 31.2. The number of hydrogen-bond acceptors (Lipinski definition) is 5. The van der Waals surface area contributed by atoms with Gasteiger partial charge in [0.25, 0.3) is 0 Å². The minimum absolute atomic E-state index is 0.317. The fraction of sp³-hybridized carbons (Fsp3) is 0.739. The largest absolute Gasteiger partial charge is 0.508 e. The van der Waals surface area contributed by atoms with E-state index in [-0.39, 0.29) is 0 Å². The lowest BCUT2D eigenvalue weighted by atomic mass is 10.1. The van der Waals surface area contributed by atoms with Crippen molar-refractivity contribution in [3.05, 3.63) is 18.2 Å². The van der Waals surface area contributed by atoms with Crippen LogP contribution in [0.4, 0.5) is 0 Å². The van der Waals surface area contributed by atoms with Crippen molar-refractivity contribution in [1.82, 2.24) is 0 Å². The lowest BCUT2D eigenvalue weighted by Gasteiger charge is -2.28. The predicted octanol–water partition coefficient (Wildman–Crippen LogP) is 5.69. The van der Waals surface area contributed by atoms with E-state index in [1.807, 2.05) is 32.9 Å². The van der Waals surface area contributed by atoms with Gasteiger partial charge in [-0.15, -0.1) is 0 Å². The summed E-state index contributed by atoms with van der Waals surface area (Å²) in [5.41, 5.74) is 0. The molecule has 1 N–H and O–H groups in total. The van der Waals surface area contributed by atoms with Crippen LogP contribution in [0.5, 0.6) is 11.5 Å². The Hall–Kier alpha value is -0.653. The molecule has 0 fully saturated rings. The third kappa shape index (κ3) is 10.1. The van der Waals surface area contributed by atoms with E-state index < -0.39 is 16.1 Å². The standard InChI is InChI=1S/C23H43O5PSi/c1-7-26-30(27-8-2,28-9-3)19-15-13-11-10-12-14-18-25-22-17-16-21(24)20-23(22)29(4,5)6/h16-17,20H,7-15,18-19H2,1-6H3/p+1. The molecule has 5 nitrogen and oxygen atoms in total. The van der Waals surface area contributed by atoms with Crippen LogP contribution in [0.1, 0.15) is 59.3 Å². The van der Waals surface area contributed by atoms with Gasteiger partial charge in [-0.1, -0.05) is 25.7 Å². The maximum absolute atomic E-state index is 9.79. The van der Waals surface area contributed by atoms with E-state index in [1.165, 1.54) is 25.7 Å². The second-order valence-electron chi connectivity index (χ2n) is 8.37. The first-order valence-electron chi connectivity index (χ1n) is 11.5. The van der Waals surface area contributed by atoms with E-state index in [0.29, 0.717) is 25.6 Å². The summed E-state index contributed by atoms with van der Waals surface area (Å²) in [6.07, 6.45) is 6.92. The van der Waals surface area contributed by atoms with Gasteiger partial charge in [0.15, 0.2) is 5.75 Å². The van der Waals surface area contributed by atoms with Crippen LogP contribution >= 0.6 is 7.26 Å². The maximum atomic E-state index is 9.79. The lowest BCUT2D eigenvalue weighted by Crippen LogP contribution is -2.45. The zero-order chi connectivity index (χ0) is 22.5. The SMILES string of the molecule is CCO[Si](CCCCCCCCOc1ccc(O)cc1[P+](C)(C)C)(OCC)OCC. The molecule has 0 aromatic heterocycles. The van der Waals surface area contributed by atoms with Crippen LogP contribution in [0.2, 0.25) is 6.04 Å². The van der Waals surface area contributed by atoms with Gasteiger partial charge >= 0.3 is 8.80 Å². The van der Waals surface area contributed by atoms with Gasteiger partial charge < -0.3 is 23.1 Å². The number of unbranched alkanes of at least 4 members (excludes halogenated alkanes) is 5. The van der Waals surface area contributed by atoms with Crippen LogP contribution in [0.25, 0.3) is 0 Å². The van der Waals surface area contributed by atoms with Crippen LogP contribution in [0.3, 0.4) is 0 Å². The molecule has 174 valence electrons. The van der Waals surface area contributed by atoms with Crippen molar-refractivity contribution in [3.63, 3.8) is 0 Å². The molecule has 7 heteroatoms. The first kappa shape index (κ1) is 27.4. The second-order valence-corrected chi connectivity index (χ2v) is 15.6. The van der Waals surface area contributed by atoms with Crippen molar-refractivity contribution in [2.24, 2.45) is 0 Å². The van der Waals surface area contributed by atoms with E-state index in [9.17, 15) is 5.11 Å². The van der Waals surface area contributed by atoms with Crippen LogP contribution in [0, 0.1) is 0 Å². The number of phenolic OH excluding ortho intramolecular Hbond substituents is 1. The summed E-state index contributed by atoms with van der Waals surface area (Å²) in [7, 11) is -3.72. The van der Waals surface area contributed by atoms with Crippen molar-refractivity contribution >= 4 is 21.4 Å². The average molecular weight is 460 g/mol. The molecule has 1 rings (SSSR count). The van der Waals surface area contributed by atoms with Gasteiger partial charge in [0.05, 0.1) is 26.6 Å². The molecular formula is C23H44O5PSi+. The molecule has 0 saturated carbocycles.